The molecule has 20 heavy (non-hydrogen) atoms. The minimum absolute atomic E-state index is 0.142. The Bertz CT molecular complexity index is 639. The zero-order chi connectivity index (χ0) is 14.1. The Hall–Kier alpha value is -1.54. The maximum atomic E-state index is 13.0. The summed E-state index contributed by atoms with van der Waals surface area (Å²) in [6.45, 7) is 2.09. The molecule has 3 heteroatoms. The normalized spacial score (nSPS) is 14.9. The second kappa shape index (κ2) is 5.45. The number of fused-ring (bicyclic) bond motifs is 1. The van der Waals surface area contributed by atoms with Crippen LogP contribution in [0.1, 0.15) is 36.1 Å². The second-order valence-corrected chi connectivity index (χ2v) is 5.78. The van der Waals surface area contributed by atoms with Crippen molar-refractivity contribution in [1.82, 2.24) is 0 Å². The summed E-state index contributed by atoms with van der Waals surface area (Å²) in [6.07, 6.45) is 3.62. The number of halogens is 2. The molecule has 1 aliphatic rings. The minimum atomic E-state index is -0.314. The van der Waals surface area contributed by atoms with Gasteiger partial charge in [0.1, 0.15) is 5.82 Å². The van der Waals surface area contributed by atoms with Gasteiger partial charge < -0.3 is 5.32 Å². The number of hydrogen-bond donors (Lipinski definition) is 1. The van der Waals surface area contributed by atoms with Gasteiger partial charge in [-0.05, 0) is 61.1 Å². The molecule has 1 atom stereocenters. The Kier molecular flexibility index (Phi) is 3.66. The third-order valence-corrected chi connectivity index (χ3v) is 4.24. The summed E-state index contributed by atoms with van der Waals surface area (Å²) in [5, 5.41) is 3.76. The van der Waals surface area contributed by atoms with E-state index in [4.69, 9.17) is 11.6 Å². The van der Waals surface area contributed by atoms with Gasteiger partial charge in [0.2, 0.25) is 0 Å². The molecule has 0 saturated carbocycles. The van der Waals surface area contributed by atoms with Gasteiger partial charge in [-0.1, -0.05) is 29.8 Å². The summed E-state index contributed by atoms with van der Waals surface area (Å²) >= 11 is 6.05. The van der Waals surface area contributed by atoms with E-state index in [1.165, 1.54) is 48.1 Å². The predicted octanol–water partition coefficient (Wildman–Crippen LogP) is 5.14. The van der Waals surface area contributed by atoms with E-state index in [2.05, 4.69) is 30.4 Å². The largest absolute Gasteiger partial charge is 0.377 e. The maximum absolute atomic E-state index is 13.0. The number of benzene rings is 2. The van der Waals surface area contributed by atoms with Crippen LogP contribution in [0.25, 0.3) is 0 Å². The van der Waals surface area contributed by atoms with Gasteiger partial charge in [0.15, 0.2) is 0 Å². The van der Waals surface area contributed by atoms with Crippen molar-refractivity contribution >= 4 is 17.3 Å². The molecule has 1 N–H and O–H groups in total. The number of hydrogen-bond acceptors (Lipinski definition) is 1. The molecule has 0 aromatic heterocycles. The minimum Gasteiger partial charge on any atom is -0.377 e. The van der Waals surface area contributed by atoms with Crippen molar-refractivity contribution in [2.24, 2.45) is 0 Å². The summed E-state index contributed by atoms with van der Waals surface area (Å²) < 4.78 is 13.0. The summed E-state index contributed by atoms with van der Waals surface area (Å²) in [7, 11) is 0. The molecule has 0 heterocycles. The molecule has 2 aromatic rings. The quantitative estimate of drug-likeness (QED) is 0.825. The number of anilines is 1. The van der Waals surface area contributed by atoms with E-state index in [1.54, 1.807) is 6.07 Å². The van der Waals surface area contributed by atoms with Gasteiger partial charge in [0, 0.05) is 6.04 Å². The molecular formula is C17H17ClFN. The van der Waals surface area contributed by atoms with Crippen molar-refractivity contribution in [3.8, 4) is 0 Å². The lowest BCUT2D eigenvalue weighted by Gasteiger charge is -2.18. The molecule has 0 spiro atoms. The first-order valence-corrected chi connectivity index (χ1v) is 7.34. The van der Waals surface area contributed by atoms with Crippen LogP contribution in [0.4, 0.5) is 10.1 Å². The van der Waals surface area contributed by atoms with E-state index in [9.17, 15) is 4.39 Å². The first kappa shape index (κ1) is 13.4. The van der Waals surface area contributed by atoms with Gasteiger partial charge in [-0.3, -0.25) is 0 Å². The molecule has 0 saturated heterocycles. The lowest BCUT2D eigenvalue weighted by molar-refractivity contribution is 0.628. The summed E-state index contributed by atoms with van der Waals surface area (Å²) in [5.74, 6) is -0.314. The van der Waals surface area contributed by atoms with Crippen molar-refractivity contribution in [3.63, 3.8) is 0 Å². The van der Waals surface area contributed by atoms with E-state index >= 15 is 0 Å². The van der Waals surface area contributed by atoms with Crippen LogP contribution in [0, 0.1) is 5.82 Å². The highest BCUT2D eigenvalue weighted by molar-refractivity contribution is 6.33. The molecule has 3 rings (SSSR count). The van der Waals surface area contributed by atoms with E-state index in [0.29, 0.717) is 5.02 Å². The third kappa shape index (κ3) is 2.66. The maximum Gasteiger partial charge on any atom is 0.124 e. The second-order valence-electron chi connectivity index (χ2n) is 5.37. The van der Waals surface area contributed by atoms with Crippen molar-refractivity contribution in [2.75, 3.05) is 5.32 Å². The van der Waals surface area contributed by atoms with E-state index in [-0.39, 0.29) is 11.9 Å². The highest BCUT2D eigenvalue weighted by Gasteiger charge is 2.14. The molecule has 1 unspecified atom stereocenters. The Morgan fingerprint density at radius 3 is 2.70 bits per heavy atom. The molecule has 0 radical (unpaired) electrons. The van der Waals surface area contributed by atoms with Crippen LogP contribution in [0.5, 0.6) is 0 Å². The number of aryl methyl sites for hydroxylation is 2. The highest BCUT2D eigenvalue weighted by Crippen LogP contribution is 2.29. The fraction of sp³-hybridized carbons (Fsp3) is 0.294. The Balaban J connectivity index is 1.80. The standard InChI is InChI=1S/C17H17ClFN/c1-11(20-17-8-7-15(19)10-16(17)18)13-6-5-12-3-2-4-14(12)9-13/h5-11,20H,2-4H2,1H3. The lowest BCUT2D eigenvalue weighted by Crippen LogP contribution is -2.07. The van der Waals surface area contributed by atoms with Gasteiger partial charge in [0.05, 0.1) is 10.7 Å². The van der Waals surface area contributed by atoms with Gasteiger partial charge in [-0.25, -0.2) is 4.39 Å². The Morgan fingerprint density at radius 1 is 1.10 bits per heavy atom. The molecular weight excluding hydrogens is 273 g/mol. The molecule has 104 valence electrons. The van der Waals surface area contributed by atoms with Crippen LogP contribution in [0.2, 0.25) is 5.02 Å². The van der Waals surface area contributed by atoms with Gasteiger partial charge in [0.25, 0.3) is 0 Å². The molecule has 0 amide bonds. The predicted molar refractivity (Wildman–Crippen MR) is 81.9 cm³/mol. The van der Waals surface area contributed by atoms with Crippen LogP contribution in [-0.2, 0) is 12.8 Å². The first-order valence-electron chi connectivity index (χ1n) is 6.97. The topological polar surface area (TPSA) is 12.0 Å². The molecule has 0 bridgehead atoms. The fourth-order valence-corrected chi connectivity index (χ4v) is 3.01. The molecule has 0 aliphatic heterocycles. The summed E-state index contributed by atoms with van der Waals surface area (Å²) in [6, 6.07) is 11.2. The monoisotopic (exact) mass is 289 g/mol. The van der Waals surface area contributed by atoms with Crippen molar-refractivity contribution < 1.29 is 4.39 Å². The smallest absolute Gasteiger partial charge is 0.124 e. The van der Waals surface area contributed by atoms with Gasteiger partial charge >= 0.3 is 0 Å². The Labute approximate surface area is 123 Å². The van der Waals surface area contributed by atoms with Crippen molar-refractivity contribution in [3.05, 3.63) is 63.9 Å². The summed E-state index contributed by atoms with van der Waals surface area (Å²) in [4.78, 5) is 0. The average Bonchev–Trinajstić information content (AvgIpc) is 2.89. The third-order valence-electron chi connectivity index (χ3n) is 3.93. The zero-order valence-electron chi connectivity index (χ0n) is 11.4. The molecule has 0 fully saturated rings. The van der Waals surface area contributed by atoms with E-state index in [0.717, 1.165) is 5.69 Å². The van der Waals surface area contributed by atoms with Crippen LogP contribution in [-0.4, -0.2) is 0 Å². The SMILES string of the molecule is CC(Nc1ccc(F)cc1Cl)c1ccc2c(c1)CCC2. The molecule has 1 aliphatic carbocycles. The van der Waals surface area contributed by atoms with E-state index in [1.807, 2.05) is 0 Å². The van der Waals surface area contributed by atoms with Gasteiger partial charge in [-0.15, -0.1) is 0 Å². The van der Waals surface area contributed by atoms with Crippen LogP contribution in [0.15, 0.2) is 36.4 Å². The van der Waals surface area contributed by atoms with Crippen LogP contribution >= 0.6 is 11.6 Å². The summed E-state index contributed by atoms with van der Waals surface area (Å²) in [5.41, 5.74) is 4.94. The van der Waals surface area contributed by atoms with Crippen LogP contribution in [0.3, 0.4) is 0 Å². The Morgan fingerprint density at radius 2 is 1.90 bits per heavy atom. The molecule has 2 aromatic carbocycles. The molecule has 1 nitrogen and oxygen atoms in total. The number of rotatable bonds is 3. The lowest BCUT2D eigenvalue weighted by atomic mass is 10.0. The number of nitrogens with one attached hydrogen (secondary N) is 1. The van der Waals surface area contributed by atoms with E-state index < -0.39 is 0 Å². The van der Waals surface area contributed by atoms with Crippen molar-refractivity contribution in [1.29, 1.82) is 0 Å². The van der Waals surface area contributed by atoms with Crippen molar-refractivity contribution in [2.45, 2.75) is 32.2 Å². The fourth-order valence-electron chi connectivity index (χ4n) is 2.78. The van der Waals surface area contributed by atoms with Gasteiger partial charge in [-0.2, -0.15) is 0 Å². The average molecular weight is 290 g/mol. The zero-order valence-corrected chi connectivity index (χ0v) is 12.2. The van der Waals surface area contributed by atoms with Crippen LogP contribution < -0.4 is 5.32 Å². The first-order chi connectivity index (χ1) is 9.63. The highest BCUT2D eigenvalue weighted by atomic mass is 35.5.